The molecule has 0 unspecified atom stereocenters. The summed E-state index contributed by atoms with van der Waals surface area (Å²) in [5.41, 5.74) is 2.70. The van der Waals surface area contributed by atoms with Crippen molar-refractivity contribution < 1.29 is 4.74 Å². The number of H-pyrrole nitrogens is 1. The van der Waals surface area contributed by atoms with Gasteiger partial charge in [0.15, 0.2) is 0 Å². The second-order valence-electron chi connectivity index (χ2n) is 8.85. The van der Waals surface area contributed by atoms with E-state index in [-0.39, 0.29) is 5.60 Å². The van der Waals surface area contributed by atoms with Gasteiger partial charge in [-0.1, -0.05) is 0 Å². The molecule has 7 heteroatoms. The number of anilines is 1. The fourth-order valence-electron chi connectivity index (χ4n) is 4.22. The highest BCUT2D eigenvalue weighted by molar-refractivity contribution is 5.93. The van der Waals surface area contributed by atoms with Gasteiger partial charge in [0.2, 0.25) is 0 Å². The lowest BCUT2D eigenvalue weighted by atomic mass is 10.1. The predicted molar refractivity (Wildman–Crippen MR) is 112 cm³/mol. The third-order valence-electron chi connectivity index (χ3n) is 6.45. The summed E-state index contributed by atoms with van der Waals surface area (Å²) in [6.07, 6.45) is 6.63. The number of hydrogen-bond donors (Lipinski definition) is 1. The average molecular weight is 390 g/mol. The van der Waals surface area contributed by atoms with Gasteiger partial charge in [-0.2, -0.15) is 5.10 Å². The minimum absolute atomic E-state index is 0.00226. The number of nitrogens with zero attached hydrogens (tertiary/aromatic N) is 5. The molecule has 1 aliphatic heterocycles. The SMILES string of the molecule is CC1(Oc2ccc3[nH]nc(-c4cc(N5CCN(C6CC6)CC5)ncn4)c3c2)CC1. The molecule has 6 rings (SSSR count). The maximum atomic E-state index is 6.15. The van der Waals surface area contributed by atoms with E-state index in [0.29, 0.717) is 0 Å². The molecule has 7 nitrogen and oxygen atoms in total. The summed E-state index contributed by atoms with van der Waals surface area (Å²) in [4.78, 5) is 14.0. The maximum Gasteiger partial charge on any atom is 0.132 e. The molecule has 3 fully saturated rings. The number of benzene rings is 1. The molecule has 0 bridgehead atoms. The van der Waals surface area contributed by atoms with E-state index in [0.717, 1.165) is 78.9 Å². The molecule has 3 aromatic rings. The van der Waals surface area contributed by atoms with Crippen LogP contribution in [0.5, 0.6) is 5.75 Å². The lowest BCUT2D eigenvalue weighted by Gasteiger charge is -2.35. The zero-order valence-electron chi connectivity index (χ0n) is 16.8. The Bertz CT molecular complexity index is 1050. The van der Waals surface area contributed by atoms with Gasteiger partial charge in [-0.3, -0.25) is 10.00 Å². The Morgan fingerprint density at radius 3 is 2.66 bits per heavy atom. The van der Waals surface area contributed by atoms with Gasteiger partial charge in [0, 0.05) is 43.7 Å². The van der Waals surface area contributed by atoms with Gasteiger partial charge in [0.1, 0.15) is 29.2 Å². The number of nitrogens with one attached hydrogen (secondary N) is 1. The average Bonchev–Trinajstić information content (AvgIpc) is 3.67. The summed E-state index contributed by atoms with van der Waals surface area (Å²) in [6.45, 7) is 6.44. The van der Waals surface area contributed by atoms with Gasteiger partial charge < -0.3 is 9.64 Å². The normalized spacial score (nSPS) is 21.5. The molecule has 1 N–H and O–H groups in total. The summed E-state index contributed by atoms with van der Waals surface area (Å²) in [5.74, 6) is 1.88. The third-order valence-corrected chi connectivity index (χ3v) is 6.45. The molecule has 0 radical (unpaired) electrons. The van der Waals surface area contributed by atoms with Gasteiger partial charge in [-0.05, 0) is 50.8 Å². The van der Waals surface area contributed by atoms with Crippen LogP contribution in [0.15, 0.2) is 30.6 Å². The van der Waals surface area contributed by atoms with Crippen LogP contribution in [0.25, 0.3) is 22.3 Å². The molecule has 1 saturated heterocycles. The van der Waals surface area contributed by atoms with Crippen molar-refractivity contribution in [1.82, 2.24) is 25.1 Å². The number of rotatable bonds is 5. The Kier molecular flexibility index (Phi) is 3.81. The smallest absolute Gasteiger partial charge is 0.132 e. The molecule has 1 aromatic carbocycles. The maximum absolute atomic E-state index is 6.15. The zero-order chi connectivity index (χ0) is 19.4. The van der Waals surface area contributed by atoms with E-state index >= 15 is 0 Å². The van der Waals surface area contributed by atoms with Crippen LogP contribution in [-0.2, 0) is 0 Å². The standard InChI is InChI=1S/C22H26N6O/c1-22(6-7-22)29-16-4-5-18-17(12-16)21(26-25-18)19-13-20(24-14-23-19)28-10-8-27(9-11-28)15-2-3-15/h4-5,12-15H,2-3,6-11H2,1H3,(H,25,26). The molecule has 3 aliphatic rings. The van der Waals surface area contributed by atoms with Crippen molar-refractivity contribution in [3.63, 3.8) is 0 Å². The van der Waals surface area contributed by atoms with E-state index in [1.165, 1.54) is 12.8 Å². The number of hydrogen-bond acceptors (Lipinski definition) is 6. The molecule has 2 aliphatic carbocycles. The first-order chi connectivity index (χ1) is 14.2. The summed E-state index contributed by atoms with van der Waals surface area (Å²) >= 11 is 0. The third kappa shape index (κ3) is 3.33. The van der Waals surface area contributed by atoms with E-state index in [4.69, 9.17) is 4.74 Å². The van der Waals surface area contributed by atoms with Crippen molar-refractivity contribution in [2.24, 2.45) is 0 Å². The Hall–Kier alpha value is -2.67. The van der Waals surface area contributed by atoms with Crippen molar-refractivity contribution in [3.05, 3.63) is 30.6 Å². The fraction of sp³-hybridized carbons (Fsp3) is 0.500. The van der Waals surface area contributed by atoms with E-state index in [1.807, 2.05) is 12.1 Å². The minimum Gasteiger partial charge on any atom is -0.488 e. The number of aromatic amines is 1. The molecule has 0 amide bonds. The number of fused-ring (bicyclic) bond motifs is 1. The monoisotopic (exact) mass is 390 g/mol. The second-order valence-corrected chi connectivity index (χ2v) is 8.85. The highest BCUT2D eigenvalue weighted by atomic mass is 16.5. The first-order valence-electron chi connectivity index (χ1n) is 10.7. The molecular weight excluding hydrogens is 364 g/mol. The quantitative estimate of drug-likeness (QED) is 0.721. The number of piperazine rings is 1. The molecule has 150 valence electrons. The molecule has 29 heavy (non-hydrogen) atoms. The van der Waals surface area contributed by atoms with Crippen LogP contribution in [0, 0.1) is 0 Å². The van der Waals surface area contributed by atoms with Crippen LogP contribution in [0.1, 0.15) is 32.6 Å². The van der Waals surface area contributed by atoms with E-state index in [1.54, 1.807) is 6.33 Å². The van der Waals surface area contributed by atoms with E-state index in [9.17, 15) is 0 Å². The van der Waals surface area contributed by atoms with Gasteiger partial charge in [-0.25, -0.2) is 9.97 Å². The zero-order valence-corrected chi connectivity index (χ0v) is 16.8. The molecule has 0 atom stereocenters. The molecule has 0 spiro atoms. The van der Waals surface area contributed by atoms with Crippen LogP contribution in [0.2, 0.25) is 0 Å². The Morgan fingerprint density at radius 2 is 1.90 bits per heavy atom. The summed E-state index contributed by atoms with van der Waals surface area (Å²) in [5, 5.41) is 8.72. The van der Waals surface area contributed by atoms with E-state index < -0.39 is 0 Å². The lowest BCUT2D eigenvalue weighted by molar-refractivity contribution is 0.200. The van der Waals surface area contributed by atoms with Gasteiger partial charge in [0.25, 0.3) is 0 Å². The van der Waals surface area contributed by atoms with Crippen LogP contribution < -0.4 is 9.64 Å². The van der Waals surface area contributed by atoms with Gasteiger partial charge >= 0.3 is 0 Å². The van der Waals surface area contributed by atoms with Crippen LogP contribution in [0.3, 0.4) is 0 Å². The predicted octanol–water partition coefficient (Wildman–Crippen LogP) is 3.24. The van der Waals surface area contributed by atoms with Crippen molar-refractivity contribution in [1.29, 1.82) is 0 Å². The second kappa shape index (κ2) is 6.42. The fourth-order valence-corrected chi connectivity index (χ4v) is 4.22. The summed E-state index contributed by atoms with van der Waals surface area (Å²) < 4.78 is 6.15. The minimum atomic E-state index is 0.00226. The lowest BCUT2D eigenvalue weighted by Crippen LogP contribution is -2.47. The van der Waals surface area contributed by atoms with Crippen LogP contribution in [-0.4, -0.2) is 62.9 Å². The van der Waals surface area contributed by atoms with Crippen molar-refractivity contribution in [2.45, 2.75) is 44.2 Å². The first kappa shape index (κ1) is 17.2. The summed E-state index contributed by atoms with van der Waals surface area (Å²) in [7, 11) is 0. The molecule has 2 saturated carbocycles. The molecule has 3 heterocycles. The van der Waals surface area contributed by atoms with Crippen molar-refractivity contribution in [3.8, 4) is 17.1 Å². The van der Waals surface area contributed by atoms with Gasteiger partial charge in [-0.15, -0.1) is 0 Å². The number of ether oxygens (including phenoxy) is 1. The van der Waals surface area contributed by atoms with E-state index in [2.05, 4.69) is 49.0 Å². The largest absolute Gasteiger partial charge is 0.488 e. The van der Waals surface area contributed by atoms with Crippen LogP contribution in [0.4, 0.5) is 5.82 Å². The highest BCUT2D eigenvalue weighted by Crippen LogP contribution is 2.40. The Morgan fingerprint density at radius 1 is 1.07 bits per heavy atom. The van der Waals surface area contributed by atoms with Crippen molar-refractivity contribution >= 4 is 16.7 Å². The molecule has 2 aromatic heterocycles. The van der Waals surface area contributed by atoms with Crippen LogP contribution >= 0.6 is 0 Å². The highest BCUT2D eigenvalue weighted by Gasteiger charge is 2.40. The van der Waals surface area contributed by atoms with Gasteiger partial charge in [0.05, 0.1) is 11.2 Å². The Labute approximate surface area is 170 Å². The topological polar surface area (TPSA) is 70.2 Å². The number of aromatic nitrogens is 4. The first-order valence-corrected chi connectivity index (χ1v) is 10.7. The molecular formula is C22H26N6O. The Balaban J connectivity index is 1.27. The van der Waals surface area contributed by atoms with Crippen molar-refractivity contribution in [2.75, 3.05) is 31.1 Å². The summed E-state index contributed by atoms with van der Waals surface area (Å²) in [6, 6.07) is 9.03.